The first-order valence-corrected chi connectivity index (χ1v) is 6.88. The van der Waals surface area contributed by atoms with E-state index >= 15 is 0 Å². The van der Waals surface area contributed by atoms with Crippen molar-refractivity contribution < 1.29 is 13.9 Å². The zero-order chi connectivity index (χ0) is 16.0. The van der Waals surface area contributed by atoms with Crippen molar-refractivity contribution in [1.29, 1.82) is 0 Å². The lowest BCUT2D eigenvalue weighted by Gasteiger charge is -2.09. The molecule has 0 fully saturated rings. The van der Waals surface area contributed by atoms with Crippen LogP contribution < -0.4 is 5.63 Å². The molecule has 4 rings (SSSR count). The first-order valence-electron chi connectivity index (χ1n) is 6.88. The number of benzene rings is 1. The highest BCUT2D eigenvalue weighted by atomic mass is 16.5. The Kier molecular flexibility index (Phi) is 2.84. The summed E-state index contributed by atoms with van der Waals surface area (Å²) in [6.45, 7) is 0. The zero-order valence-corrected chi connectivity index (χ0v) is 12.1. The van der Waals surface area contributed by atoms with Gasteiger partial charge in [0.05, 0.1) is 18.2 Å². The molecular weight excluding hydrogens is 296 g/mol. The molecule has 4 aromatic rings. The fourth-order valence-electron chi connectivity index (χ4n) is 2.80. The predicted molar refractivity (Wildman–Crippen MR) is 84.4 cm³/mol. The molecule has 0 aliphatic rings. The Morgan fingerprint density at radius 2 is 1.78 bits per heavy atom. The second kappa shape index (κ2) is 4.88. The van der Waals surface area contributed by atoms with E-state index in [1.807, 2.05) is 12.1 Å². The summed E-state index contributed by atoms with van der Waals surface area (Å²) < 4.78 is 10.2. The molecule has 0 atom stereocenters. The van der Waals surface area contributed by atoms with E-state index in [9.17, 15) is 9.59 Å². The quantitative estimate of drug-likeness (QED) is 0.305. The van der Waals surface area contributed by atoms with Crippen LogP contribution in [0.15, 0.2) is 51.9 Å². The topological polar surface area (TPSA) is 82.3 Å². The van der Waals surface area contributed by atoms with E-state index in [1.165, 1.54) is 7.11 Å². The van der Waals surface area contributed by atoms with Gasteiger partial charge in [-0.2, -0.15) is 0 Å². The molecule has 6 heteroatoms. The lowest BCUT2D eigenvalue weighted by Crippen LogP contribution is -2.09. The largest absolute Gasteiger partial charge is 0.465 e. The van der Waals surface area contributed by atoms with Gasteiger partial charge in [-0.3, -0.25) is 9.97 Å². The molecule has 0 aliphatic carbocycles. The number of hydrogen-bond donors (Lipinski definition) is 0. The summed E-state index contributed by atoms with van der Waals surface area (Å²) in [5, 5.41) is 1.93. The molecule has 3 heterocycles. The molecule has 0 bridgehead atoms. The minimum atomic E-state index is -0.631. The second-order valence-electron chi connectivity index (χ2n) is 4.97. The first kappa shape index (κ1) is 13.4. The molecule has 0 aliphatic heterocycles. The number of aromatic nitrogens is 2. The Bertz CT molecular complexity index is 1150. The molecule has 0 N–H and O–H groups in total. The SMILES string of the molecule is COC(=O)c1cc(=O)oc2c3ncccc3c3ncccc3c12. The Morgan fingerprint density at radius 1 is 1.09 bits per heavy atom. The molecule has 0 saturated heterocycles. The number of carbonyl (C=O) groups excluding carboxylic acids is 1. The monoisotopic (exact) mass is 306 g/mol. The van der Waals surface area contributed by atoms with Crippen LogP contribution in [-0.2, 0) is 4.74 Å². The third kappa shape index (κ3) is 1.88. The minimum Gasteiger partial charge on any atom is -0.465 e. The third-order valence-electron chi connectivity index (χ3n) is 3.72. The second-order valence-corrected chi connectivity index (χ2v) is 4.97. The van der Waals surface area contributed by atoms with Crippen molar-refractivity contribution in [1.82, 2.24) is 9.97 Å². The number of hydrogen-bond acceptors (Lipinski definition) is 6. The fourth-order valence-corrected chi connectivity index (χ4v) is 2.80. The van der Waals surface area contributed by atoms with E-state index in [2.05, 4.69) is 9.97 Å². The predicted octanol–water partition coefficient (Wildman–Crippen LogP) is 2.68. The lowest BCUT2D eigenvalue weighted by atomic mass is 10.0. The summed E-state index contributed by atoms with van der Waals surface area (Å²) in [5.41, 5.74) is 0.935. The number of nitrogens with zero attached hydrogens (tertiary/aromatic N) is 2. The van der Waals surface area contributed by atoms with Gasteiger partial charge in [-0.15, -0.1) is 0 Å². The van der Waals surface area contributed by atoms with Gasteiger partial charge in [0.15, 0.2) is 5.58 Å². The Labute approximate surface area is 129 Å². The zero-order valence-electron chi connectivity index (χ0n) is 12.1. The summed E-state index contributed by atoms with van der Waals surface area (Å²) in [6.07, 6.45) is 3.26. The number of fused-ring (bicyclic) bond motifs is 6. The summed E-state index contributed by atoms with van der Waals surface area (Å²) in [7, 11) is 1.27. The highest BCUT2D eigenvalue weighted by Crippen LogP contribution is 2.33. The summed E-state index contributed by atoms with van der Waals surface area (Å²) in [5.74, 6) is -0.608. The van der Waals surface area contributed by atoms with Crippen molar-refractivity contribution >= 4 is 38.7 Å². The van der Waals surface area contributed by atoms with Crippen molar-refractivity contribution in [2.75, 3.05) is 7.11 Å². The number of pyridine rings is 2. The number of ether oxygens (including phenoxy) is 1. The average molecular weight is 306 g/mol. The molecule has 1 aromatic carbocycles. The number of methoxy groups -OCH3 is 1. The maximum Gasteiger partial charge on any atom is 0.338 e. The molecule has 0 unspecified atom stereocenters. The van der Waals surface area contributed by atoms with E-state index in [0.717, 1.165) is 11.5 Å². The van der Waals surface area contributed by atoms with E-state index < -0.39 is 11.6 Å². The van der Waals surface area contributed by atoms with Crippen LogP contribution in [0.3, 0.4) is 0 Å². The fraction of sp³-hybridized carbons (Fsp3) is 0.0588. The summed E-state index contributed by atoms with van der Waals surface area (Å²) in [4.78, 5) is 32.7. The summed E-state index contributed by atoms with van der Waals surface area (Å²) in [6, 6.07) is 8.35. The lowest BCUT2D eigenvalue weighted by molar-refractivity contribution is 0.0602. The molecular formula is C17H10N2O4. The highest BCUT2D eigenvalue weighted by Gasteiger charge is 2.20. The third-order valence-corrected chi connectivity index (χ3v) is 3.72. The van der Waals surface area contributed by atoms with Crippen LogP contribution >= 0.6 is 0 Å². The summed E-state index contributed by atoms with van der Waals surface area (Å²) >= 11 is 0. The molecule has 0 radical (unpaired) electrons. The average Bonchev–Trinajstić information content (AvgIpc) is 2.60. The van der Waals surface area contributed by atoms with E-state index in [4.69, 9.17) is 9.15 Å². The van der Waals surface area contributed by atoms with Crippen LogP contribution in [0.2, 0.25) is 0 Å². The Balaban J connectivity index is 2.40. The van der Waals surface area contributed by atoms with Gasteiger partial charge in [0, 0.05) is 34.6 Å². The minimum absolute atomic E-state index is 0.143. The van der Waals surface area contributed by atoms with Gasteiger partial charge in [0.25, 0.3) is 0 Å². The van der Waals surface area contributed by atoms with E-state index in [1.54, 1.807) is 24.5 Å². The van der Waals surface area contributed by atoms with Gasteiger partial charge in [-0.05, 0) is 18.2 Å². The van der Waals surface area contributed by atoms with Gasteiger partial charge in [0.1, 0.15) is 5.52 Å². The van der Waals surface area contributed by atoms with Crippen molar-refractivity contribution in [3.8, 4) is 0 Å². The van der Waals surface area contributed by atoms with Crippen molar-refractivity contribution in [2.45, 2.75) is 0 Å². The number of carbonyl (C=O) groups is 1. The smallest absolute Gasteiger partial charge is 0.338 e. The Morgan fingerprint density at radius 3 is 2.52 bits per heavy atom. The van der Waals surface area contributed by atoms with Gasteiger partial charge >= 0.3 is 11.6 Å². The van der Waals surface area contributed by atoms with Crippen LogP contribution in [0, 0.1) is 0 Å². The van der Waals surface area contributed by atoms with E-state index in [0.29, 0.717) is 21.8 Å². The van der Waals surface area contributed by atoms with Crippen LogP contribution in [0.4, 0.5) is 0 Å². The molecule has 6 nitrogen and oxygen atoms in total. The van der Waals surface area contributed by atoms with Gasteiger partial charge < -0.3 is 9.15 Å². The van der Waals surface area contributed by atoms with Crippen LogP contribution in [0.5, 0.6) is 0 Å². The highest BCUT2D eigenvalue weighted by molar-refractivity contribution is 6.25. The van der Waals surface area contributed by atoms with Gasteiger partial charge in [-0.1, -0.05) is 6.07 Å². The van der Waals surface area contributed by atoms with Crippen LogP contribution in [-0.4, -0.2) is 23.0 Å². The van der Waals surface area contributed by atoms with E-state index in [-0.39, 0.29) is 11.1 Å². The van der Waals surface area contributed by atoms with Crippen molar-refractivity contribution in [2.24, 2.45) is 0 Å². The molecule has 0 saturated carbocycles. The molecule has 0 amide bonds. The van der Waals surface area contributed by atoms with Gasteiger partial charge in [-0.25, -0.2) is 9.59 Å². The first-order chi connectivity index (χ1) is 11.2. The maximum absolute atomic E-state index is 12.1. The molecule has 112 valence electrons. The maximum atomic E-state index is 12.1. The normalized spacial score (nSPS) is 11.2. The number of rotatable bonds is 1. The van der Waals surface area contributed by atoms with Crippen LogP contribution in [0.25, 0.3) is 32.8 Å². The molecule has 0 spiro atoms. The Hall–Kier alpha value is -3.28. The standard InChI is InChI=1S/C17H10N2O4/c1-22-17(21)11-8-12(20)23-16-13(11)9-4-2-6-18-14(9)10-5-3-7-19-15(10)16/h2-8H,1H3. The molecule has 3 aromatic heterocycles. The van der Waals surface area contributed by atoms with Gasteiger partial charge in [0.2, 0.25) is 0 Å². The number of esters is 1. The van der Waals surface area contributed by atoms with Crippen molar-refractivity contribution in [3.63, 3.8) is 0 Å². The van der Waals surface area contributed by atoms with Crippen molar-refractivity contribution in [3.05, 3.63) is 58.7 Å². The van der Waals surface area contributed by atoms with Crippen LogP contribution in [0.1, 0.15) is 10.4 Å². The molecule has 23 heavy (non-hydrogen) atoms.